The summed E-state index contributed by atoms with van der Waals surface area (Å²) in [6, 6.07) is 8.99. The summed E-state index contributed by atoms with van der Waals surface area (Å²) in [5.74, 6) is 0.723. The van der Waals surface area contributed by atoms with E-state index in [1.807, 2.05) is 0 Å². The van der Waals surface area contributed by atoms with Gasteiger partial charge < -0.3 is 9.64 Å². The van der Waals surface area contributed by atoms with Gasteiger partial charge in [0.05, 0.1) is 23.0 Å². The number of likely N-dealkylation sites (tertiary alicyclic amines) is 1. The average Bonchev–Trinajstić information content (AvgIpc) is 3.49. The SMILES string of the molecule is Cc1nnn(Cc2cc(C(F)(F)F)ccc2CCC(=O)N2CCC[C@H]2COc2ccc(S(N)(=O)=O)cc2)n1. The number of tetrazole rings is 1. The first kappa shape index (κ1) is 27.5. The molecule has 0 radical (unpaired) electrons. The second kappa shape index (κ2) is 11.1. The van der Waals surface area contributed by atoms with Gasteiger partial charge in [-0.2, -0.15) is 18.0 Å². The topological polar surface area (TPSA) is 133 Å². The Kier molecular flexibility index (Phi) is 8.02. The minimum atomic E-state index is -4.50. The van der Waals surface area contributed by atoms with E-state index in [0.29, 0.717) is 29.2 Å². The van der Waals surface area contributed by atoms with E-state index in [1.165, 1.54) is 35.1 Å². The van der Waals surface area contributed by atoms with Gasteiger partial charge in [-0.3, -0.25) is 4.79 Å². The highest BCUT2D eigenvalue weighted by Gasteiger charge is 2.32. The van der Waals surface area contributed by atoms with Crippen LogP contribution in [0.3, 0.4) is 0 Å². The molecule has 2 aromatic carbocycles. The van der Waals surface area contributed by atoms with Crippen molar-refractivity contribution in [2.75, 3.05) is 13.2 Å². The highest BCUT2D eigenvalue weighted by molar-refractivity contribution is 7.89. The van der Waals surface area contributed by atoms with E-state index < -0.39 is 21.8 Å². The van der Waals surface area contributed by atoms with Crippen molar-refractivity contribution in [3.05, 3.63) is 65.0 Å². The van der Waals surface area contributed by atoms with Crippen molar-refractivity contribution >= 4 is 15.9 Å². The van der Waals surface area contributed by atoms with Crippen molar-refractivity contribution in [2.24, 2.45) is 5.14 Å². The molecule has 1 aliphatic heterocycles. The van der Waals surface area contributed by atoms with E-state index in [2.05, 4.69) is 15.4 Å². The monoisotopic (exact) mass is 552 g/mol. The number of aryl methyl sites for hydroxylation is 2. The summed E-state index contributed by atoms with van der Waals surface area (Å²) in [5.41, 5.74) is 0.186. The van der Waals surface area contributed by atoms with Crippen LogP contribution < -0.4 is 9.88 Å². The Hall–Kier alpha value is -3.52. The van der Waals surface area contributed by atoms with E-state index in [9.17, 15) is 26.4 Å². The van der Waals surface area contributed by atoms with Crippen molar-refractivity contribution < 1.29 is 31.1 Å². The molecule has 1 aromatic heterocycles. The average molecular weight is 553 g/mol. The number of hydrogen-bond donors (Lipinski definition) is 1. The molecule has 0 unspecified atom stereocenters. The fourth-order valence-electron chi connectivity index (χ4n) is 4.38. The van der Waals surface area contributed by atoms with Gasteiger partial charge in [0.25, 0.3) is 0 Å². The molecule has 14 heteroatoms. The molecule has 1 amide bonds. The van der Waals surface area contributed by atoms with E-state index in [4.69, 9.17) is 9.88 Å². The molecule has 3 aromatic rings. The lowest BCUT2D eigenvalue weighted by molar-refractivity contribution is -0.137. The van der Waals surface area contributed by atoms with Crippen LogP contribution in [0, 0.1) is 6.92 Å². The quantitative estimate of drug-likeness (QED) is 0.432. The smallest absolute Gasteiger partial charge is 0.416 e. The number of alkyl halides is 3. The minimum Gasteiger partial charge on any atom is -0.491 e. The Morgan fingerprint density at radius 3 is 2.53 bits per heavy atom. The first-order valence-corrected chi connectivity index (χ1v) is 13.4. The summed E-state index contributed by atoms with van der Waals surface area (Å²) in [5, 5.41) is 16.8. The first-order valence-electron chi connectivity index (χ1n) is 11.9. The van der Waals surface area contributed by atoms with Crippen molar-refractivity contribution in [3.63, 3.8) is 0 Å². The molecule has 1 saturated heterocycles. The van der Waals surface area contributed by atoms with Crippen molar-refractivity contribution in [1.82, 2.24) is 25.1 Å². The minimum absolute atomic E-state index is 0.00128. The van der Waals surface area contributed by atoms with Crippen LogP contribution in [-0.2, 0) is 34.0 Å². The van der Waals surface area contributed by atoms with Gasteiger partial charge in [-0.25, -0.2) is 13.6 Å². The molecule has 10 nitrogen and oxygen atoms in total. The number of primary sulfonamides is 1. The molecular formula is C24H27F3N6O4S. The van der Waals surface area contributed by atoms with Crippen molar-refractivity contribution in [1.29, 1.82) is 0 Å². The van der Waals surface area contributed by atoms with Gasteiger partial charge in [0.15, 0.2) is 5.82 Å². The lowest BCUT2D eigenvalue weighted by atomic mass is 9.99. The highest BCUT2D eigenvalue weighted by atomic mass is 32.2. The van der Waals surface area contributed by atoms with Crippen LogP contribution in [0.2, 0.25) is 0 Å². The number of halogens is 3. The summed E-state index contributed by atoms with van der Waals surface area (Å²) in [4.78, 5) is 16.0. The molecule has 0 saturated carbocycles. The summed E-state index contributed by atoms with van der Waals surface area (Å²) < 4.78 is 68.5. The van der Waals surface area contributed by atoms with Gasteiger partial charge >= 0.3 is 6.18 Å². The van der Waals surface area contributed by atoms with Crippen LogP contribution in [0.1, 0.15) is 41.8 Å². The molecule has 1 aliphatic rings. The maximum Gasteiger partial charge on any atom is 0.416 e. The normalized spacial score (nSPS) is 16.1. The third kappa shape index (κ3) is 6.86. The molecule has 204 valence electrons. The van der Waals surface area contributed by atoms with Crippen LogP contribution in [0.25, 0.3) is 0 Å². The summed E-state index contributed by atoms with van der Waals surface area (Å²) in [6.07, 6.45) is -2.60. The number of benzene rings is 2. The molecule has 2 heterocycles. The van der Waals surface area contributed by atoms with Crippen molar-refractivity contribution in [3.8, 4) is 5.75 Å². The van der Waals surface area contributed by atoms with Crippen LogP contribution in [0.15, 0.2) is 47.4 Å². The fourth-order valence-corrected chi connectivity index (χ4v) is 4.89. The molecule has 1 fully saturated rings. The first-order chi connectivity index (χ1) is 17.9. The number of carbonyl (C=O) groups is 1. The maximum atomic E-state index is 13.3. The number of sulfonamides is 1. The zero-order chi connectivity index (χ0) is 27.5. The largest absolute Gasteiger partial charge is 0.491 e. The number of ether oxygens (including phenoxy) is 1. The van der Waals surface area contributed by atoms with Gasteiger partial charge in [0.2, 0.25) is 15.9 Å². The molecule has 2 N–H and O–H groups in total. The molecule has 1 atom stereocenters. The Bertz CT molecular complexity index is 1390. The number of carbonyl (C=O) groups excluding carboxylic acids is 1. The van der Waals surface area contributed by atoms with Gasteiger partial charge in [0, 0.05) is 13.0 Å². The third-order valence-corrected chi connectivity index (χ3v) is 7.23. The van der Waals surface area contributed by atoms with Crippen LogP contribution in [0.5, 0.6) is 5.75 Å². The molecule has 0 aliphatic carbocycles. The van der Waals surface area contributed by atoms with Gasteiger partial charge in [-0.15, -0.1) is 10.2 Å². The molecule has 0 spiro atoms. The number of nitrogens with two attached hydrogens (primary N) is 1. The highest BCUT2D eigenvalue weighted by Crippen LogP contribution is 2.31. The zero-order valence-electron chi connectivity index (χ0n) is 20.6. The Labute approximate surface area is 217 Å². The second-order valence-electron chi connectivity index (χ2n) is 9.06. The number of rotatable bonds is 9. The summed E-state index contributed by atoms with van der Waals surface area (Å²) in [7, 11) is -3.80. The van der Waals surface area contributed by atoms with Crippen molar-refractivity contribution in [2.45, 2.75) is 56.3 Å². The van der Waals surface area contributed by atoms with Gasteiger partial charge in [-0.1, -0.05) is 6.07 Å². The Balaban J connectivity index is 1.40. The zero-order valence-corrected chi connectivity index (χ0v) is 21.4. The molecule has 4 rings (SSSR count). The fraction of sp³-hybridized carbons (Fsp3) is 0.417. The predicted octanol–water partition coefficient (Wildman–Crippen LogP) is 2.70. The molecule has 38 heavy (non-hydrogen) atoms. The van der Waals surface area contributed by atoms with Gasteiger partial charge in [0.1, 0.15) is 12.4 Å². The number of nitrogens with zero attached hydrogens (tertiary/aromatic N) is 5. The van der Waals surface area contributed by atoms with E-state index >= 15 is 0 Å². The van der Waals surface area contributed by atoms with E-state index in [1.54, 1.807) is 11.8 Å². The third-order valence-electron chi connectivity index (χ3n) is 6.30. The number of amides is 1. The van der Waals surface area contributed by atoms with Crippen LogP contribution in [0.4, 0.5) is 13.2 Å². The molecular weight excluding hydrogens is 525 g/mol. The number of aromatic nitrogens is 4. The standard InChI is InChI=1S/C24H27F3N6O4S/c1-16-29-31-33(30-16)14-18-13-19(24(25,26)27)6-4-17(18)5-11-23(34)32-12-2-3-20(32)15-37-21-7-9-22(10-8-21)38(28,35)36/h4,6-10,13,20H,2-3,5,11-12,14-15H2,1H3,(H2,28,35,36)/t20-/m0/s1. The lowest BCUT2D eigenvalue weighted by Crippen LogP contribution is -2.39. The van der Waals surface area contributed by atoms with Crippen LogP contribution >= 0.6 is 0 Å². The maximum absolute atomic E-state index is 13.3. The summed E-state index contributed by atoms with van der Waals surface area (Å²) in [6.45, 7) is 2.41. The Morgan fingerprint density at radius 1 is 1.16 bits per heavy atom. The van der Waals surface area contributed by atoms with Crippen LogP contribution in [-0.4, -0.2) is 58.6 Å². The summed E-state index contributed by atoms with van der Waals surface area (Å²) >= 11 is 0. The predicted molar refractivity (Wildman–Crippen MR) is 129 cm³/mol. The second-order valence-corrected chi connectivity index (χ2v) is 10.6. The molecule has 0 bridgehead atoms. The Morgan fingerprint density at radius 2 is 1.89 bits per heavy atom. The lowest BCUT2D eigenvalue weighted by Gasteiger charge is -2.25. The van der Waals surface area contributed by atoms with E-state index in [-0.39, 0.29) is 42.8 Å². The van der Waals surface area contributed by atoms with Gasteiger partial charge in [-0.05, 0) is 78.9 Å². The van der Waals surface area contributed by atoms with E-state index in [0.717, 1.165) is 25.0 Å². The number of hydrogen-bond acceptors (Lipinski definition) is 7.